The van der Waals surface area contributed by atoms with Gasteiger partial charge in [-0.25, -0.2) is 4.79 Å². The van der Waals surface area contributed by atoms with Gasteiger partial charge in [0.25, 0.3) is 5.91 Å². The van der Waals surface area contributed by atoms with Gasteiger partial charge in [0.2, 0.25) is 0 Å². The predicted molar refractivity (Wildman–Crippen MR) is 104 cm³/mol. The van der Waals surface area contributed by atoms with Crippen molar-refractivity contribution in [2.75, 3.05) is 13.2 Å². The summed E-state index contributed by atoms with van der Waals surface area (Å²) < 4.78 is 15.5. The third-order valence-corrected chi connectivity index (χ3v) is 4.03. The molecular formula is C22H21NO5. The first-order chi connectivity index (χ1) is 13.6. The number of rotatable bonds is 8. The molecule has 3 aromatic rings. The Kier molecular flexibility index (Phi) is 6.46. The number of hydrogen-bond acceptors (Lipinski definition) is 5. The fourth-order valence-electron chi connectivity index (χ4n) is 2.60. The Morgan fingerprint density at radius 2 is 1.64 bits per heavy atom. The first-order valence-electron chi connectivity index (χ1n) is 8.88. The molecule has 0 radical (unpaired) electrons. The van der Waals surface area contributed by atoms with E-state index in [1.54, 1.807) is 31.2 Å². The number of hydrogen-bond donors (Lipinski definition) is 1. The smallest absolute Gasteiger partial charge is 0.344 e. The third-order valence-electron chi connectivity index (χ3n) is 4.03. The van der Waals surface area contributed by atoms with E-state index in [-0.39, 0.29) is 19.3 Å². The van der Waals surface area contributed by atoms with Crippen LogP contribution < -0.4 is 10.1 Å². The van der Waals surface area contributed by atoms with Gasteiger partial charge in [0.1, 0.15) is 11.5 Å². The van der Waals surface area contributed by atoms with Crippen LogP contribution in [0.5, 0.6) is 5.75 Å². The van der Waals surface area contributed by atoms with Gasteiger partial charge in [-0.3, -0.25) is 4.79 Å². The average Bonchev–Trinajstić information content (AvgIpc) is 3.27. The number of esters is 1. The number of furan rings is 1. The molecule has 0 unspecified atom stereocenters. The van der Waals surface area contributed by atoms with E-state index in [0.717, 1.165) is 11.1 Å². The Labute approximate surface area is 163 Å². The molecule has 0 saturated heterocycles. The first kappa shape index (κ1) is 19.2. The normalized spacial score (nSPS) is 11.5. The van der Waals surface area contributed by atoms with Gasteiger partial charge < -0.3 is 19.2 Å². The molecule has 0 aliphatic rings. The van der Waals surface area contributed by atoms with Crippen molar-refractivity contribution < 1.29 is 23.5 Å². The van der Waals surface area contributed by atoms with Crippen LogP contribution in [0.1, 0.15) is 18.7 Å². The Bertz CT molecular complexity index is 888. The molecule has 144 valence electrons. The molecule has 28 heavy (non-hydrogen) atoms. The minimum atomic E-state index is -0.618. The summed E-state index contributed by atoms with van der Waals surface area (Å²) in [6, 6.07) is 20.5. The largest absolute Gasteiger partial charge is 0.482 e. The lowest BCUT2D eigenvalue weighted by Gasteiger charge is -2.12. The van der Waals surface area contributed by atoms with Crippen molar-refractivity contribution in [3.8, 4) is 16.9 Å². The number of amides is 1. The van der Waals surface area contributed by atoms with Crippen molar-refractivity contribution in [3.05, 3.63) is 78.8 Å². The maximum absolute atomic E-state index is 11.8. The van der Waals surface area contributed by atoms with Crippen LogP contribution in [0.15, 0.2) is 77.4 Å². The van der Waals surface area contributed by atoms with E-state index in [4.69, 9.17) is 13.9 Å². The van der Waals surface area contributed by atoms with Gasteiger partial charge in [-0.15, -0.1) is 0 Å². The summed E-state index contributed by atoms with van der Waals surface area (Å²) in [7, 11) is 0. The summed E-state index contributed by atoms with van der Waals surface area (Å²) >= 11 is 0. The van der Waals surface area contributed by atoms with Crippen molar-refractivity contribution in [3.63, 3.8) is 0 Å². The molecule has 0 aliphatic heterocycles. The van der Waals surface area contributed by atoms with Crippen molar-refractivity contribution in [1.82, 2.24) is 5.32 Å². The molecule has 0 spiro atoms. The van der Waals surface area contributed by atoms with Crippen molar-refractivity contribution in [1.29, 1.82) is 0 Å². The van der Waals surface area contributed by atoms with Gasteiger partial charge in [-0.1, -0.05) is 42.5 Å². The van der Waals surface area contributed by atoms with Crippen LogP contribution in [0.2, 0.25) is 0 Å². The summed E-state index contributed by atoms with van der Waals surface area (Å²) in [5.74, 6) is 0.145. The minimum Gasteiger partial charge on any atom is -0.482 e. The van der Waals surface area contributed by atoms with Crippen molar-refractivity contribution >= 4 is 11.9 Å². The molecule has 1 N–H and O–H groups in total. The van der Waals surface area contributed by atoms with Gasteiger partial charge in [0.05, 0.1) is 12.3 Å². The quantitative estimate of drug-likeness (QED) is 0.603. The van der Waals surface area contributed by atoms with E-state index in [2.05, 4.69) is 5.32 Å². The van der Waals surface area contributed by atoms with Gasteiger partial charge in [-0.05, 0) is 42.3 Å². The van der Waals surface area contributed by atoms with E-state index in [1.165, 1.54) is 6.26 Å². The molecule has 1 aromatic heterocycles. The Morgan fingerprint density at radius 3 is 2.32 bits per heavy atom. The van der Waals surface area contributed by atoms with Crippen LogP contribution >= 0.6 is 0 Å². The zero-order valence-electron chi connectivity index (χ0n) is 15.5. The number of carbonyl (C=O) groups is 2. The highest BCUT2D eigenvalue weighted by Crippen LogP contribution is 2.22. The molecule has 1 atom stereocenters. The zero-order valence-corrected chi connectivity index (χ0v) is 15.5. The maximum atomic E-state index is 11.8. The monoisotopic (exact) mass is 379 g/mol. The second kappa shape index (κ2) is 9.41. The van der Waals surface area contributed by atoms with Gasteiger partial charge in [0.15, 0.2) is 13.2 Å². The SMILES string of the molecule is C[C@H](NC(=O)COC(=O)COc1ccc(-c2ccccc2)cc1)c1ccco1. The minimum absolute atomic E-state index is 0.272. The van der Waals surface area contributed by atoms with Gasteiger partial charge in [0, 0.05) is 0 Å². The highest BCUT2D eigenvalue weighted by molar-refractivity contribution is 5.81. The predicted octanol–water partition coefficient (Wildman–Crippen LogP) is 3.75. The van der Waals surface area contributed by atoms with Crippen LogP contribution in [-0.4, -0.2) is 25.1 Å². The molecule has 1 heterocycles. The number of benzene rings is 2. The number of ether oxygens (including phenoxy) is 2. The van der Waals surface area contributed by atoms with Crippen LogP contribution in [-0.2, 0) is 14.3 Å². The molecule has 0 saturated carbocycles. The summed E-state index contributed by atoms with van der Waals surface area (Å²) in [4.78, 5) is 23.6. The van der Waals surface area contributed by atoms with E-state index < -0.39 is 11.9 Å². The Balaban J connectivity index is 1.40. The third kappa shape index (κ3) is 5.48. The first-order valence-corrected chi connectivity index (χ1v) is 8.88. The lowest BCUT2D eigenvalue weighted by Crippen LogP contribution is -2.31. The standard InChI is InChI=1S/C22H21NO5/c1-16(20-8-5-13-26-20)23-21(24)14-28-22(25)15-27-19-11-9-18(10-12-19)17-6-3-2-4-7-17/h2-13,16H,14-15H2,1H3,(H,23,24)/t16-/m0/s1. The zero-order chi connectivity index (χ0) is 19.8. The molecule has 6 nitrogen and oxygen atoms in total. The van der Waals surface area contributed by atoms with Gasteiger partial charge in [-0.2, -0.15) is 0 Å². The van der Waals surface area contributed by atoms with Crippen LogP contribution in [0.4, 0.5) is 0 Å². The lowest BCUT2D eigenvalue weighted by molar-refractivity contribution is -0.150. The molecule has 0 aliphatic carbocycles. The van der Waals surface area contributed by atoms with Gasteiger partial charge >= 0.3 is 5.97 Å². The fraction of sp³-hybridized carbons (Fsp3) is 0.182. The van der Waals surface area contributed by atoms with Crippen LogP contribution in [0.3, 0.4) is 0 Å². The average molecular weight is 379 g/mol. The highest BCUT2D eigenvalue weighted by atomic mass is 16.6. The summed E-state index contributed by atoms with van der Waals surface area (Å²) in [6.45, 7) is 1.13. The van der Waals surface area contributed by atoms with Crippen LogP contribution in [0.25, 0.3) is 11.1 Å². The topological polar surface area (TPSA) is 77.8 Å². The lowest BCUT2D eigenvalue weighted by atomic mass is 10.1. The molecule has 3 rings (SSSR count). The molecule has 0 bridgehead atoms. The summed E-state index contributed by atoms with van der Waals surface area (Å²) in [5, 5.41) is 2.68. The van der Waals surface area contributed by atoms with E-state index in [0.29, 0.717) is 11.5 Å². The fourth-order valence-corrected chi connectivity index (χ4v) is 2.60. The Hall–Kier alpha value is -3.54. The Morgan fingerprint density at radius 1 is 0.929 bits per heavy atom. The highest BCUT2D eigenvalue weighted by Gasteiger charge is 2.14. The molecule has 2 aromatic carbocycles. The summed E-state index contributed by atoms with van der Waals surface area (Å²) in [6.07, 6.45) is 1.53. The second-order valence-electron chi connectivity index (χ2n) is 6.14. The molecule has 1 amide bonds. The van der Waals surface area contributed by atoms with E-state index in [9.17, 15) is 9.59 Å². The van der Waals surface area contributed by atoms with E-state index >= 15 is 0 Å². The maximum Gasteiger partial charge on any atom is 0.344 e. The number of nitrogens with one attached hydrogen (secondary N) is 1. The number of carbonyl (C=O) groups excluding carboxylic acids is 2. The summed E-state index contributed by atoms with van der Waals surface area (Å²) in [5.41, 5.74) is 2.15. The molecule has 0 fully saturated rings. The van der Waals surface area contributed by atoms with Crippen LogP contribution in [0, 0.1) is 0 Å². The second-order valence-corrected chi connectivity index (χ2v) is 6.14. The van der Waals surface area contributed by atoms with Crippen molar-refractivity contribution in [2.24, 2.45) is 0 Å². The van der Waals surface area contributed by atoms with E-state index in [1.807, 2.05) is 42.5 Å². The molecule has 6 heteroatoms. The molecular weight excluding hydrogens is 358 g/mol. The van der Waals surface area contributed by atoms with Crippen molar-refractivity contribution in [2.45, 2.75) is 13.0 Å².